The largest absolute Gasteiger partial charge is 0.496 e. The maximum atomic E-state index is 12.7. The Morgan fingerprint density at radius 1 is 1.07 bits per heavy atom. The Hall–Kier alpha value is -3.48. The molecule has 0 aliphatic carbocycles. The van der Waals surface area contributed by atoms with Gasteiger partial charge in [-0.25, -0.2) is 4.98 Å². The molecular formula is C22H25N3O4. The van der Waals surface area contributed by atoms with E-state index in [2.05, 4.69) is 10.3 Å². The summed E-state index contributed by atoms with van der Waals surface area (Å²) in [7, 11) is 3.48. The van der Waals surface area contributed by atoms with Crippen molar-refractivity contribution in [3.63, 3.8) is 0 Å². The SMILES string of the molecule is CCOc1ccccc1OCC(=O)NC(c1ccccc1OC)c1nccn1C. The van der Waals surface area contributed by atoms with E-state index in [9.17, 15) is 4.79 Å². The number of nitrogens with zero attached hydrogens (tertiary/aromatic N) is 2. The number of rotatable bonds is 9. The summed E-state index contributed by atoms with van der Waals surface area (Å²) in [4.78, 5) is 17.1. The Balaban J connectivity index is 1.78. The molecule has 1 N–H and O–H groups in total. The number of aryl methyl sites for hydroxylation is 1. The summed E-state index contributed by atoms with van der Waals surface area (Å²) in [5.41, 5.74) is 0.812. The predicted molar refractivity (Wildman–Crippen MR) is 109 cm³/mol. The van der Waals surface area contributed by atoms with Crippen LogP contribution in [-0.4, -0.2) is 35.8 Å². The molecule has 1 atom stereocenters. The maximum absolute atomic E-state index is 12.7. The summed E-state index contributed by atoms with van der Waals surface area (Å²) in [5.74, 6) is 2.21. The molecule has 1 aromatic heterocycles. The summed E-state index contributed by atoms with van der Waals surface area (Å²) >= 11 is 0. The summed E-state index contributed by atoms with van der Waals surface area (Å²) < 4.78 is 18.6. The van der Waals surface area contributed by atoms with Crippen LogP contribution in [-0.2, 0) is 11.8 Å². The number of para-hydroxylation sites is 3. The van der Waals surface area contributed by atoms with Gasteiger partial charge in [0.05, 0.1) is 13.7 Å². The lowest BCUT2D eigenvalue weighted by molar-refractivity contribution is -0.123. The quantitative estimate of drug-likeness (QED) is 0.603. The zero-order valence-electron chi connectivity index (χ0n) is 16.8. The predicted octanol–water partition coefficient (Wildman–Crippen LogP) is 3.11. The Bertz CT molecular complexity index is 954. The molecule has 3 rings (SSSR count). The normalized spacial score (nSPS) is 11.6. The molecular weight excluding hydrogens is 370 g/mol. The van der Waals surface area contributed by atoms with Gasteiger partial charge in [0.1, 0.15) is 17.6 Å². The van der Waals surface area contributed by atoms with Crippen LogP contribution in [0.2, 0.25) is 0 Å². The Kier molecular flexibility index (Phi) is 6.73. The third kappa shape index (κ3) is 4.87. The first-order chi connectivity index (χ1) is 14.1. The van der Waals surface area contributed by atoms with Gasteiger partial charge in [-0.1, -0.05) is 30.3 Å². The van der Waals surface area contributed by atoms with Gasteiger partial charge in [0.15, 0.2) is 18.1 Å². The molecule has 1 unspecified atom stereocenters. The number of carbonyl (C=O) groups excluding carboxylic acids is 1. The second-order valence-electron chi connectivity index (χ2n) is 6.31. The molecule has 0 saturated heterocycles. The van der Waals surface area contributed by atoms with Crippen molar-refractivity contribution in [2.24, 2.45) is 7.05 Å². The Morgan fingerprint density at radius 2 is 1.72 bits per heavy atom. The number of imidazole rings is 1. The first-order valence-corrected chi connectivity index (χ1v) is 9.38. The average molecular weight is 395 g/mol. The van der Waals surface area contributed by atoms with E-state index < -0.39 is 6.04 Å². The highest BCUT2D eigenvalue weighted by Crippen LogP contribution is 2.29. The monoisotopic (exact) mass is 395 g/mol. The first kappa shape index (κ1) is 20.3. The number of aromatic nitrogens is 2. The number of carbonyl (C=O) groups is 1. The summed E-state index contributed by atoms with van der Waals surface area (Å²) in [6.07, 6.45) is 3.53. The van der Waals surface area contributed by atoms with Crippen molar-refractivity contribution in [2.45, 2.75) is 13.0 Å². The van der Waals surface area contributed by atoms with E-state index in [4.69, 9.17) is 14.2 Å². The second kappa shape index (κ2) is 9.64. The third-order valence-corrected chi connectivity index (χ3v) is 4.38. The number of methoxy groups -OCH3 is 1. The van der Waals surface area contributed by atoms with Gasteiger partial charge < -0.3 is 24.1 Å². The summed E-state index contributed by atoms with van der Waals surface area (Å²) in [5, 5.41) is 3.00. The number of hydrogen-bond donors (Lipinski definition) is 1. The van der Waals surface area contributed by atoms with Crippen LogP contribution in [0.25, 0.3) is 0 Å². The topological polar surface area (TPSA) is 74.6 Å². The highest BCUT2D eigenvalue weighted by Gasteiger charge is 2.24. The van der Waals surface area contributed by atoms with Gasteiger partial charge in [-0.05, 0) is 25.1 Å². The van der Waals surface area contributed by atoms with Crippen LogP contribution in [0.4, 0.5) is 0 Å². The molecule has 1 heterocycles. The standard InChI is InChI=1S/C22H25N3O4/c1-4-28-18-11-7-8-12-19(18)29-15-20(26)24-21(22-23-13-14-25(22)2)16-9-5-6-10-17(16)27-3/h5-14,21H,4,15H2,1-3H3,(H,24,26). The fourth-order valence-corrected chi connectivity index (χ4v) is 3.03. The molecule has 0 aliphatic heterocycles. The lowest BCUT2D eigenvalue weighted by Gasteiger charge is -2.21. The molecule has 2 aromatic carbocycles. The number of hydrogen-bond acceptors (Lipinski definition) is 5. The fraction of sp³-hybridized carbons (Fsp3) is 0.273. The van der Waals surface area contributed by atoms with Crippen molar-refractivity contribution in [1.82, 2.24) is 14.9 Å². The van der Waals surface area contributed by atoms with E-state index in [-0.39, 0.29) is 12.5 Å². The minimum absolute atomic E-state index is 0.153. The number of ether oxygens (including phenoxy) is 3. The van der Waals surface area contributed by atoms with Crippen molar-refractivity contribution < 1.29 is 19.0 Å². The molecule has 0 fully saturated rings. The molecule has 7 nitrogen and oxygen atoms in total. The van der Waals surface area contributed by atoms with Crippen LogP contribution in [0.15, 0.2) is 60.9 Å². The van der Waals surface area contributed by atoms with Crippen LogP contribution < -0.4 is 19.5 Å². The van der Waals surface area contributed by atoms with E-state index in [0.717, 1.165) is 5.56 Å². The average Bonchev–Trinajstić information content (AvgIpc) is 3.17. The van der Waals surface area contributed by atoms with Crippen LogP contribution in [0, 0.1) is 0 Å². The van der Waals surface area contributed by atoms with Gasteiger partial charge >= 0.3 is 0 Å². The Labute approximate surface area is 170 Å². The van der Waals surface area contributed by atoms with E-state index in [1.54, 1.807) is 19.4 Å². The fourth-order valence-electron chi connectivity index (χ4n) is 3.03. The lowest BCUT2D eigenvalue weighted by atomic mass is 10.0. The molecule has 0 aliphatic rings. The van der Waals surface area contributed by atoms with Crippen LogP contribution in [0.5, 0.6) is 17.2 Å². The molecule has 29 heavy (non-hydrogen) atoms. The second-order valence-corrected chi connectivity index (χ2v) is 6.31. The smallest absolute Gasteiger partial charge is 0.258 e. The van der Waals surface area contributed by atoms with Crippen LogP contribution >= 0.6 is 0 Å². The summed E-state index contributed by atoms with van der Waals surface area (Å²) in [6, 6.07) is 14.3. The van der Waals surface area contributed by atoms with Crippen molar-refractivity contribution in [3.05, 3.63) is 72.3 Å². The number of nitrogens with one attached hydrogen (secondary N) is 1. The number of amides is 1. The minimum Gasteiger partial charge on any atom is -0.496 e. The van der Waals surface area contributed by atoms with Gasteiger partial charge in [0.2, 0.25) is 0 Å². The van der Waals surface area contributed by atoms with Crippen molar-refractivity contribution >= 4 is 5.91 Å². The van der Waals surface area contributed by atoms with Crippen molar-refractivity contribution in [3.8, 4) is 17.2 Å². The van der Waals surface area contributed by atoms with Crippen LogP contribution in [0.3, 0.4) is 0 Å². The zero-order valence-corrected chi connectivity index (χ0v) is 16.8. The van der Waals surface area contributed by atoms with Gasteiger partial charge in [-0.2, -0.15) is 0 Å². The molecule has 152 valence electrons. The van der Waals surface area contributed by atoms with Gasteiger partial charge in [0, 0.05) is 25.0 Å². The zero-order chi connectivity index (χ0) is 20.6. The van der Waals surface area contributed by atoms with Gasteiger partial charge in [-0.15, -0.1) is 0 Å². The molecule has 0 spiro atoms. The maximum Gasteiger partial charge on any atom is 0.258 e. The summed E-state index contributed by atoms with van der Waals surface area (Å²) in [6.45, 7) is 2.26. The van der Waals surface area contributed by atoms with E-state index >= 15 is 0 Å². The van der Waals surface area contributed by atoms with Gasteiger partial charge in [-0.3, -0.25) is 4.79 Å². The molecule has 1 amide bonds. The highest BCUT2D eigenvalue weighted by molar-refractivity contribution is 5.78. The van der Waals surface area contributed by atoms with E-state index in [1.165, 1.54) is 0 Å². The number of benzene rings is 2. The molecule has 0 radical (unpaired) electrons. The van der Waals surface area contributed by atoms with E-state index in [0.29, 0.717) is 29.7 Å². The molecule has 0 bridgehead atoms. The Morgan fingerprint density at radius 3 is 2.34 bits per heavy atom. The van der Waals surface area contributed by atoms with Crippen molar-refractivity contribution in [2.75, 3.05) is 20.3 Å². The molecule has 0 saturated carbocycles. The van der Waals surface area contributed by atoms with Crippen LogP contribution in [0.1, 0.15) is 24.4 Å². The van der Waals surface area contributed by atoms with Crippen molar-refractivity contribution in [1.29, 1.82) is 0 Å². The van der Waals surface area contributed by atoms with Gasteiger partial charge in [0.25, 0.3) is 5.91 Å². The van der Waals surface area contributed by atoms with E-state index in [1.807, 2.05) is 67.2 Å². The highest BCUT2D eigenvalue weighted by atomic mass is 16.5. The minimum atomic E-state index is -0.482. The third-order valence-electron chi connectivity index (χ3n) is 4.38. The first-order valence-electron chi connectivity index (χ1n) is 9.38. The lowest BCUT2D eigenvalue weighted by Crippen LogP contribution is -2.34. The molecule has 3 aromatic rings. The molecule has 7 heteroatoms.